The topological polar surface area (TPSA) is 76.0 Å². The van der Waals surface area contributed by atoms with Crippen molar-refractivity contribution in [2.24, 2.45) is 17.8 Å². The standard InChI is InChI=1S/C32H30F6O5/c1-15-4-5-19-16(8-21-27(19)29(21)30(39)40)10-26(15)43-14-17-9-20(22(13-23(17)33)32(36,37)38)28-24(34)11-18(12-25(28)35)42-7-6-31(2,3)41/h5,9-13,21,26-27,29,41H,1,4,6-8,14H2,2-3H3,(H,39,40). The average molecular weight is 609 g/mol. The number of ether oxygens (including phenoxy) is 2. The van der Waals surface area contributed by atoms with Crippen molar-refractivity contribution in [3.05, 3.63) is 88.3 Å². The summed E-state index contributed by atoms with van der Waals surface area (Å²) in [6.45, 7) is 6.39. The molecule has 0 spiro atoms. The number of carboxylic acid groups (broad SMARTS) is 1. The van der Waals surface area contributed by atoms with Gasteiger partial charge in [0.25, 0.3) is 0 Å². The van der Waals surface area contributed by atoms with Gasteiger partial charge in [-0.25, -0.2) is 13.2 Å². The van der Waals surface area contributed by atoms with Crippen molar-refractivity contribution in [3.63, 3.8) is 0 Å². The van der Waals surface area contributed by atoms with E-state index in [-0.39, 0.29) is 42.2 Å². The highest BCUT2D eigenvalue weighted by atomic mass is 19.4. The van der Waals surface area contributed by atoms with Crippen LogP contribution in [-0.4, -0.2) is 34.5 Å². The third-order valence-corrected chi connectivity index (χ3v) is 8.16. The Balaban J connectivity index is 1.40. The lowest BCUT2D eigenvalue weighted by Crippen LogP contribution is -2.21. The number of aliphatic hydroxyl groups is 1. The largest absolute Gasteiger partial charge is 0.493 e. The Morgan fingerprint density at radius 1 is 1.07 bits per heavy atom. The summed E-state index contributed by atoms with van der Waals surface area (Å²) in [5.74, 6) is -5.59. The minimum atomic E-state index is -5.13. The highest BCUT2D eigenvalue weighted by Gasteiger charge is 2.61. The molecule has 0 bridgehead atoms. The third-order valence-electron chi connectivity index (χ3n) is 8.16. The number of allylic oxidation sites excluding steroid dienone is 3. The molecule has 5 rings (SSSR count). The van der Waals surface area contributed by atoms with Gasteiger partial charge in [0, 0.05) is 35.6 Å². The molecule has 2 saturated carbocycles. The number of rotatable bonds is 9. The summed E-state index contributed by atoms with van der Waals surface area (Å²) in [5, 5.41) is 19.2. The second-order valence-electron chi connectivity index (χ2n) is 11.9. The molecule has 0 aromatic heterocycles. The molecular formula is C32H30F6O5. The summed E-state index contributed by atoms with van der Waals surface area (Å²) >= 11 is 0. The van der Waals surface area contributed by atoms with Gasteiger partial charge in [-0.3, -0.25) is 4.79 Å². The fourth-order valence-corrected chi connectivity index (χ4v) is 5.89. The zero-order valence-corrected chi connectivity index (χ0v) is 23.4. The van der Waals surface area contributed by atoms with E-state index < -0.39 is 70.5 Å². The Morgan fingerprint density at radius 3 is 2.35 bits per heavy atom. The molecule has 4 atom stereocenters. The molecule has 2 fully saturated rings. The SMILES string of the molecule is C=C1CC=C2C(=CC1OCc1cc(-c3c(F)cc(OCCC(C)(C)O)cc3F)c(C(F)(F)F)cc1F)CC1C(C(=O)O)C21. The first-order valence-electron chi connectivity index (χ1n) is 13.7. The number of carbonyl (C=O) groups is 1. The van der Waals surface area contributed by atoms with Crippen LogP contribution in [0.25, 0.3) is 11.1 Å². The highest BCUT2D eigenvalue weighted by molar-refractivity contribution is 5.77. The minimum Gasteiger partial charge on any atom is -0.493 e. The zero-order chi connectivity index (χ0) is 31.4. The predicted octanol–water partition coefficient (Wildman–Crippen LogP) is 7.38. The monoisotopic (exact) mass is 608 g/mol. The second-order valence-corrected chi connectivity index (χ2v) is 11.9. The molecule has 0 heterocycles. The van der Waals surface area contributed by atoms with E-state index in [4.69, 9.17) is 9.47 Å². The van der Waals surface area contributed by atoms with Crippen molar-refractivity contribution in [1.29, 1.82) is 0 Å². The van der Waals surface area contributed by atoms with Gasteiger partial charge in [0.05, 0.1) is 42.0 Å². The Hall–Kier alpha value is -3.57. The van der Waals surface area contributed by atoms with Gasteiger partial charge in [-0.1, -0.05) is 12.7 Å². The van der Waals surface area contributed by atoms with Gasteiger partial charge in [0.15, 0.2) is 0 Å². The summed E-state index contributed by atoms with van der Waals surface area (Å²) in [5.41, 5.74) is -2.51. The quantitative estimate of drug-likeness (QED) is 0.230. The Morgan fingerprint density at radius 2 is 1.74 bits per heavy atom. The molecule has 0 amide bonds. The summed E-state index contributed by atoms with van der Waals surface area (Å²) in [6, 6.07) is 2.38. The molecular weight excluding hydrogens is 578 g/mol. The maximum absolute atomic E-state index is 15.1. The van der Waals surface area contributed by atoms with Gasteiger partial charge in [0.2, 0.25) is 0 Å². The van der Waals surface area contributed by atoms with Gasteiger partial charge >= 0.3 is 12.1 Å². The van der Waals surface area contributed by atoms with Crippen molar-refractivity contribution in [2.45, 2.75) is 57.6 Å². The Kier molecular flexibility index (Phi) is 8.02. The number of hydrogen-bond donors (Lipinski definition) is 2. The van der Waals surface area contributed by atoms with Crippen molar-refractivity contribution >= 4 is 5.97 Å². The zero-order valence-electron chi connectivity index (χ0n) is 23.4. The van der Waals surface area contributed by atoms with Crippen LogP contribution < -0.4 is 4.74 Å². The summed E-state index contributed by atoms with van der Waals surface area (Å²) in [7, 11) is 0. The number of halogens is 6. The molecule has 2 aromatic rings. The molecule has 0 aliphatic heterocycles. The summed E-state index contributed by atoms with van der Waals surface area (Å²) < 4.78 is 98.2. The molecule has 4 unspecified atom stereocenters. The fraction of sp³-hybridized carbons (Fsp3) is 0.406. The Bertz CT molecular complexity index is 1510. The number of fused-ring (bicyclic) bond motifs is 3. The fourth-order valence-electron chi connectivity index (χ4n) is 5.89. The molecule has 230 valence electrons. The molecule has 3 aliphatic rings. The van der Waals surface area contributed by atoms with Crippen LogP contribution in [0.4, 0.5) is 26.3 Å². The second kappa shape index (κ2) is 11.2. The van der Waals surface area contributed by atoms with Gasteiger partial charge in [-0.15, -0.1) is 0 Å². The van der Waals surface area contributed by atoms with E-state index in [0.717, 1.165) is 29.3 Å². The van der Waals surface area contributed by atoms with E-state index in [1.54, 1.807) is 6.08 Å². The van der Waals surface area contributed by atoms with Crippen molar-refractivity contribution < 1.29 is 50.8 Å². The molecule has 5 nitrogen and oxygen atoms in total. The van der Waals surface area contributed by atoms with Crippen LogP contribution in [0.2, 0.25) is 0 Å². The van der Waals surface area contributed by atoms with Gasteiger partial charge in [0.1, 0.15) is 23.2 Å². The van der Waals surface area contributed by atoms with Crippen LogP contribution in [0, 0.1) is 35.2 Å². The molecule has 11 heteroatoms. The lowest BCUT2D eigenvalue weighted by atomic mass is 9.95. The number of aliphatic carboxylic acids is 1. The van der Waals surface area contributed by atoms with Gasteiger partial charge in [-0.2, -0.15) is 13.2 Å². The van der Waals surface area contributed by atoms with Crippen LogP contribution >= 0.6 is 0 Å². The van der Waals surface area contributed by atoms with E-state index >= 15 is 8.78 Å². The van der Waals surface area contributed by atoms with Crippen molar-refractivity contribution in [3.8, 4) is 16.9 Å². The summed E-state index contributed by atoms with van der Waals surface area (Å²) in [6.07, 6.45) is -1.15. The molecule has 3 aliphatic carbocycles. The van der Waals surface area contributed by atoms with Crippen LogP contribution in [0.15, 0.2) is 59.7 Å². The maximum Gasteiger partial charge on any atom is 0.417 e. The van der Waals surface area contributed by atoms with Crippen LogP contribution in [0.3, 0.4) is 0 Å². The van der Waals surface area contributed by atoms with Gasteiger partial charge < -0.3 is 19.7 Å². The number of carboxylic acids is 1. The van der Waals surface area contributed by atoms with E-state index in [1.807, 2.05) is 6.08 Å². The first kappa shape index (κ1) is 30.9. The van der Waals surface area contributed by atoms with Crippen LogP contribution in [0.5, 0.6) is 5.75 Å². The Labute approximate surface area is 244 Å². The number of alkyl halides is 3. The van der Waals surface area contributed by atoms with E-state index in [1.165, 1.54) is 13.8 Å². The summed E-state index contributed by atoms with van der Waals surface area (Å²) in [4.78, 5) is 11.4. The van der Waals surface area contributed by atoms with Crippen LogP contribution in [0.1, 0.15) is 44.2 Å². The van der Waals surface area contributed by atoms with E-state index in [2.05, 4.69) is 6.58 Å². The first-order chi connectivity index (χ1) is 20.0. The predicted molar refractivity (Wildman–Crippen MR) is 144 cm³/mol. The van der Waals surface area contributed by atoms with Gasteiger partial charge in [-0.05, 0) is 67.5 Å². The molecule has 2 aromatic carbocycles. The van der Waals surface area contributed by atoms with Crippen molar-refractivity contribution in [2.75, 3.05) is 6.61 Å². The lowest BCUT2D eigenvalue weighted by molar-refractivity contribution is -0.139. The normalized spacial score (nSPS) is 23.2. The number of hydrogen-bond acceptors (Lipinski definition) is 4. The minimum absolute atomic E-state index is 0.0000320. The first-order valence-corrected chi connectivity index (χ1v) is 13.7. The van der Waals surface area contributed by atoms with E-state index in [9.17, 15) is 32.6 Å². The lowest BCUT2D eigenvalue weighted by Gasteiger charge is -2.20. The average Bonchev–Trinajstić information content (AvgIpc) is 3.52. The highest BCUT2D eigenvalue weighted by Crippen LogP contribution is 2.63. The van der Waals surface area contributed by atoms with Crippen LogP contribution in [-0.2, 0) is 22.3 Å². The maximum atomic E-state index is 15.1. The molecule has 0 saturated heterocycles. The molecule has 43 heavy (non-hydrogen) atoms. The molecule has 2 N–H and O–H groups in total. The van der Waals surface area contributed by atoms with Crippen molar-refractivity contribution in [1.82, 2.24) is 0 Å². The smallest absolute Gasteiger partial charge is 0.417 e. The van der Waals surface area contributed by atoms with E-state index in [0.29, 0.717) is 18.4 Å². The molecule has 0 radical (unpaired) electrons. The number of benzene rings is 2. The third kappa shape index (κ3) is 6.38.